The number of aromatic nitrogens is 1. The van der Waals surface area contributed by atoms with E-state index in [0.717, 1.165) is 25.2 Å². The maximum atomic E-state index is 9.16. The fraction of sp³-hybridized carbons (Fsp3) is 0.571. The van der Waals surface area contributed by atoms with E-state index in [0.29, 0.717) is 18.3 Å². The van der Waals surface area contributed by atoms with Gasteiger partial charge in [-0.1, -0.05) is 0 Å². The first-order valence-corrected chi connectivity index (χ1v) is 6.73. The van der Waals surface area contributed by atoms with Gasteiger partial charge in [0.05, 0.1) is 6.61 Å². The van der Waals surface area contributed by atoms with E-state index in [9.17, 15) is 0 Å². The number of nitriles is 1. The lowest BCUT2D eigenvalue weighted by atomic mass is 10.2. The van der Waals surface area contributed by atoms with Crippen molar-refractivity contribution in [3.8, 4) is 6.07 Å². The second-order valence-electron chi connectivity index (χ2n) is 4.91. The Balaban J connectivity index is 1.96. The Bertz CT molecular complexity index is 437. The average Bonchev–Trinajstić information content (AvgIpc) is 2.92. The second kappa shape index (κ2) is 7.19. The summed E-state index contributed by atoms with van der Waals surface area (Å²) < 4.78 is 0. The molecule has 0 aromatic carbocycles. The molecule has 1 aliphatic rings. The molecule has 102 valence electrons. The zero-order chi connectivity index (χ0) is 13.5. The third kappa shape index (κ3) is 4.28. The Labute approximate surface area is 113 Å². The maximum Gasteiger partial charge on any atom is 0.140 e. The minimum atomic E-state index is 0.156. The van der Waals surface area contributed by atoms with E-state index in [1.54, 1.807) is 6.20 Å². The Morgan fingerprint density at radius 3 is 3.16 bits per heavy atom. The van der Waals surface area contributed by atoms with Gasteiger partial charge in [0.15, 0.2) is 0 Å². The highest BCUT2D eigenvalue weighted by Gasteiger charge is 2.17. The second-order valence-corrected chi connectivity index (χ2v) is 4.91. The number of aliphatic hydroxyl groups is 1. The molecule has 0 aliphatic carbocycles. The van der Waals surface area contributed by atoms with E-state index in [-0.39, 0.29) is 6.61 Å². The lowest BCUT2D eigenvalue weighted by Crippen LogP contribution is -2.38. The van der Waals surface area contributed by atoms with Crippen LogP contribution in [0.1, 0.15) is 24.1 Å². The van der Waals surface area contributed by atoms with Crippen molar-refractivity contribution >= 4 is 0 Å². The average molecular weight is 260 g/mol. The van der Waals surface area contributed by atoms with Gasteiger partial charge in [-0.3, -0.25) is 4.90 Å². The number of pyridine rings is 1. The summed E-state index contributed by atoms with van der Waals surface area (Å²) in [5, 5.41) is 21.5. The van der Waals surface area contributed by atoms with Crippen LogP contribution in [0.5, 0.6) is 0 Å². The van der Waals surface area contributed by atoms with Crippen LogP contribution in [-0.4, -0.2) is 47.3 Å². The molecule has 1 aromatic rings. The van der Waals surface area contributed by atoms with Gasteiger partial charge in [-0.2, -0.15) is 5.26 Å². The van der Waals surface area contributed by atoms with E-state index in [1.807, 2.05) is 12.1 Å². The predicted octanol–water partition coefficient (Wildman–Crippen LogP) is 0.500. The van der Waals surface area contributed by atoms with Crippen molar-refractivity contribution < 1.29 is 5.11 Å². The van der Waals surface area contributed by atoms with Crippen molar-refractivity contribution in [3.05, 3.63) is 29.6 Å². The lowest BCUT2D eigenvalue weighted by molar-refractivity contribution is 0.179. The smallest absolute Gasteiger partial charge is 0.140 e. The third-order valence-corrected chi connectivity index (χ3v) is 3.40. The molecule has 1 saturated heterocycles. The Morgan fingerprint density at radius 2 is 2.47 bits per heavy atom. The zero-order valence-electron chi connectivity index (χ0n) is 11.0. The molecule has 1 aliphatic heterocycles. The van der Waals surface area contributed by atoms with Crippen molar-refractivity contribution in [1.82, 2.24) is 15.2 Å². The minimum Gasteiger partial charge on any atom is -0.395 e. The van der Waals surface area contributed by atoms with Crippen LogP contribution in [0.25, 0.3) is 0 Å². The third-order valence-electron chi connectivity index (χ3n) is 3.40. The minimum absolute atomic E-state index is 0.156. The molecule has 0 radical (unpaired) electrons. The maximum absolute atomic E-state index is 9.16. The number of hydrogen-bond donors (Lipinski definition) is 2. The van der Waals surface area contributed by atoms with E-state index < -0.39 is 0 Å². The number of nitrogens with zero attached hydrogens (tertiary/aromatic N) is 3. The summed E-state index contributed by atoms with van der Waals surface area (Å²) in [6.07, 6.45) is 4.09. The summed E-state index contributed by atoms with van der Waals surface area (Å²) >= 11 is 0. The topological polar surface area (TPSA) is 72.2 Å². The van der Waals surface area contributed by atoms with Gasteiger partial charge in [0.25, 0.3) is 0 Å². The van der Waals surface area contributed by atoms with Gasteiger partial charge in [-0.15, -0.1) is 0 Å². The molecule has 19 heavy (non-hydrogen) atoms. The van der Waals surface area contributed by atoms with Gasteiger partial charge in [0, 0.05) is 31.9 Å². The summed E-state index contributed by atoms with van der Waals surface area (Å²) in [5.41, 5.74) is 1.51. The molecule has 0 spiro atoms. The highest BCUT2D eigenvalue weighted by Crippen LogP contribution is 2.10. The van der Waals surface area contributed by atoms with E-state index in [1.165, 1.54) is 12.8 Å². The fourth-order valence-electron chi connectivity index (χ4n) is 2.49. The van der Waals surface area contributed by atoms with Crippen LogP contribution in [0.4, 0.5) is 0 Å². The SMILES string of the molecule is N#Cc1cc(CN(CCO)CC2CCCN2)ccn1. The molecule has 0 bridgehead atoms. The molecule has 5 heteroatoms. The summed E-state index contributed by atoms with van der Waals surface area (Å²) in [6, 6.07) is 6.31. The monoisotopic (exact) mass is 260 g/mol. The van der Waals surface area contributed by atoms with Gasteiger partial charge in [0.2, 0.25) is 0 Å². The fourth-order valence-corrected chi connectivity index (χ4v) is 2.49. The highest BCUT2D eigenvalue weighted by atomic mass is 16.3. The van der Waals surface area contributed by atoms with Crippen molar-refractivity contribution in [2.24, 2.45) is 0 Å². The number of nitrogens with one attached hydrogen (secondary N) is 1. The van der Waals surface area contributed by atoms with Crippen LogP contribution in [0.15, 0.2) is 18.3 Å². The first-order valence-electron chi connectivity index (χ1n) is 6.73. The molecule has 2 N–H and O–H groups in total. The summed E-state index contributed by atoms with van der Waals surface area (Å²) in [7, 11) is 0. The summed E-state index contributed by atoms with van der Waals surface area (Å²) in [4.78, 5) is 6.19. The zero-order valence-corrected chi connectivity index (χ0v) is 11.0. The van der Waals surface area contributed by atoms with Gasteiger partial charge in [0.1, 0.15) is 11.8 Å². The van der Waals surface area contributed by atoms with Gasteiger partial charge in [-0.25, -0.2) is 4.98 Å². The number of rotatable bonds is 6. The number of aliphatic hydroxyl groups excluding tert-OH is 1. The van der Waals surface area contributed by atoms with E-state index in [4.69, 9.17) is 10.4 Å². The van der Waals surface area contributed by atoms with Crippen LogP contribution in [0, 0.1) is 11.3 Å². The summed E-state index contributed by atoms with van der Waals surface area (Å²) in [6.45, 7) is 3.58. The molecule has 1 unspecified atom stereocenters. The standard InChI is InChI=1S/C14H20N4O/c15-9-14-8-12(3-5-17-14)10-18(6-7-19)11-13-2-1-4-16-13/h3,5,8,13,16,19H,1-2,4,6-7,10-11H2. The van der Waals surface area contributed by atoms with E-state index in [2.05, 4.69) is 21.3 Å². The van der Waals surface area contributed by atoms with Crippen molar-refractivity contribution in [2.75, 3.05) is 26.2 Å². The molecule has 1 aromatic heterocycles. The molecule has 0 saturated carbocycles. The number of hydrogen-bond acceptors (Lipinski definition) is 5. The van der Waals surface area contributed by atoms with Gasteiger partial charge < -0.3 is 10.4 Å². The quantitative estimate of drug-likeness (QED) is 0.779. The molecule has 0 amide bonds. The highest BCUT2D eigenvalue weighted by molar-refractivity contribution is 5.25. The Morgan fingerprint density at radius 1 is 1.58 bits per heavy atom. The lowest BCUT2D eigenvalue weighted by Gasteiger charge is -2.24. The predicted molar refractivity (Wildman–Crippen MR) is 72.3 cm³/mol. The molecule has 1 atom stereocenters. The van der Waals surface area contributed by atoms with Crippen LogP contribution >= 0.6 is 0 Å². The molecule has 1 fully saturated rings. The van der Waals surface area contributed by atoms with Crippen LogP contribution in [-0.2, 0) is 6.54 Å². The molecular formula is C14H20N4O. The first kappa shape index (κ1) is 13.9. The van der Waals surface area contributed by atoms with Gasteiger partial charge in [-0.05, 0) is 37.1 Å². The van der Waals surface area contributed by atoms with Crippen molar-refractivity contribution in [2.45, 2.75) is 25.4 Å². The molecule has 2 heterocycles. The Kier molecular flexibility index (Phi) is 5.28. The van der Waals surface area contributed by atoms with Gasteiger partial charge >= 0.3 is 0 Å². The summed E-state index contributed by atoms with van der Waals surface area (Å²) in [5.74, 6) is 0. The van der Waals surface area contributed by atoms with Crippen LogP contribution in [0.3, 0.4) is 0 Å². The van der Waals surface area contributed by atoms with Crippen molar-refractivity contribution in [3.63, 3.8) is 0 Å². The van der Waals surface area contributed by atoms with Crippen LogP contribution < -0.4 is 5.32 Å². The van der Waals surface area contributed by atoms with E-state index >= 15 is 0 Å². The molecule has 5 nitrogen and oxygen atoms in total. The Hall–Kier alpha value is -1.48. The largest absolute Gasteiger partial charge is 0.395 e. The molecular weight excluding hydrogens is 240 g/mol. The van der Waals surface area contributed by atoms with Crippen molar-refractivity contribution in [1.29, 1.82) is 5.26 Å². The normalized spacial score (nSPS) is 18.7. The first-order chi connectivity index (χ1) is 9.31. The van der Waals surface area contributed by atoms with Crippen LogP contribution in [0.2, 0.25) is 0 Å². The molecule has 2 rings (SSSR count).